The fourth-order valence-corrected chi connectivity index (χ4v) is 4.79. The van der Waals surface area contributed by atoms with Crippen molar-refractivity contribution in [1.82, 2.24) is 0 Å². The van der Waals surface area contributed by atoms with Crippen molar-refractivity contribution >= 4 is 29.2 Å². The minimum absolute atomic E-state index is 0.0142. The standard InChI is InChI=1S/C17H16N2O6/c1-8(20)25-13-7-9-6-10(13)15-14(9)16(21)18(17(15)22)11-4-2-3-5-12(11)19(23)24/h2-5,9-10,13-15H,6-7H2,1H3. The van der Waals surface area contributed by atoms with E-state index in [9.17, 15) is 24.5 Å². The zero-order chi connectivity index (χ0) is 17.9. The lowest BCUT2D eigenvalue weighted by molar-refractivity contribution is -0.384. The van der Waals surface area contributed by atoms with Gasteiger partial charge in [0.25, 0.3) is 5.69 Å². The molecule has 1 aliphatic heterocycles. The number of nitrogens with zero attached hydrogens (tertiary/aromatic N) is 2. The number of hydrogen-bond donors (Lipinski definition) is 0. The summed E-state index contributed by atoms with van der Waals surface area (Å²) in [5.74, 6) is -2.45. The first-order valence-corrected chi connectivity index (χ1v) is 8.18. The van der Waals surface area contributed by atoms with Crippen LogP contribution in [-0.4, -0.2) is 28.8 Å². The topological polar surface area (TPSA) is 107 Å². The zero-order valence-corrected chi connectivity index (χ0v) is 13.5. The summed E-state index contributed by atoms with van der Waals surface area (Å²) in [6.45, 7) is 1.32. The molecular formula is C17H16N2O6. The third kappa shape index (κ3) is 2.16. The SMILES string of the molecule is CC(=O)OC1CC2CC1C1C(=O)N(c3ccccc3[N+](=O)[O-])C(=O)C21. The molecule has 25 heavy (non-hydrogen) atoms. The number of esters is 1. The van der Waals surface area contributed by atoms with Crippen LogP contribution in [0.4, 0.5) is 11.4 Å². The van der Waals surface area contributed by atoms with Crippen LogP contribution in [0, 0.1) is 33.8 Å². The van der Waals surface area contributed by atoms with Crippen molar-refractivity contribution in [3.63, 3.8) is 0 Å². The lowest BCUT2D eigenvalue weighted by Gasteiger charge is -2.27. The van der Waals surface area contributed by atoms with Gasteiger partial charge in [0.1, 0.15) is 11.8 Å². The molecule has 1 saturated heterocycles. The van der Waals surface area contributed by atoms with Gasteiger partial charge in [-0.25, -0.2) is 4.90 Å². The average molecular weight is 344 g/mol. The van der Waals surface area contributed by atoms with Crippen LogP contribution in [0.5, 0.6) is 0 Å². The third-order valence-corrected chi connectivity index (χ3v) is 5.59. The number of anilines is 1. The quantitative estimate of drug-likeness (QED) is 0.357. The van der Waals surface area contributed by atoms with Gasteiger partial charge in [0, 0.05) is 18.9 Å². The molecule has 2 saturated carbocycles. The van der Waals surface area contributed by atoms with E-state index in [1.54, 1.807) is 6.07 Å². The van der Waals surface area contributed by atoms with E-state index in [2.05, 4.69) is 0 Å². The predicted octanol–water partition coefficient (Wildman–Crippen LogP) is 1.67. The number of benzene rings is 1. The first kappa shape index (κ1) is 15.7. The molecule has 1 aromatic carbocycles. The summed E-state index contributed by atoms with van der Waals surface area (Å²) in [4.78, 5) is 48.7. The molecular weight excluding hydrogens is 328 g/mol. The molecule has 130 valence electrons. The molecule has 0 spiro atoms. The smallest absolute Gasteiger partial charge is 0.302 e. The van der Waals surface area contributed by atoms with Gasteiger partial charge in [0.05, 0.1) is 16.8 Å². The van der Waals surface area contributed by atoms with E-state index < -0.39 is 28.6 Å². The molecule has 1 heterocycles. The molecule has 2 bridgehead atoms. The van der Waals surface area contributed by atoms with E-state index in [0.717, 1.165) is 4.90 Å². The number of carbonyl (C=O) groups excluding carboxylic acids is 3. The molecule has 4 rings (SSSR count). The molecule has 3 aliphatic rings. The highest BCUT2D eigenvalue weighted by Gasteiger charge is 2.65. The van der Waals surface area contributed by atoms with Crippen molar-refractivity contribution in [2.45, 2.75) is 25.9 Å². The van der Waals surface area contributed by atoms with Gasteiger partial charge in [0.2, 0.25) is 11.8 Å². The second kappa shape index (κ2) is 5.37. The summed E-state index contributed by atoms with van der Waals surface area (Å²) in [5.41, 5.74) is -0.256. The van der Waals surface area contributed by atoms with Crippen molar-refractivity contribution in [3.8, 4) is 0 Å². The van der Waals surface area contributed by atoms with Crippen LogP contribution in [0.2, 0.25) is 0 Å². The van der Waals surface area contributed by atoms with E-state index in [-0.39, 0.29) is 35.2 Å². The minimum Gasteiger partial charge on any atom is -0.462 e. The van der Waals surface area contributed by atoms with Gasteiger partial charge in [-0.2, -0.15) is 0 Å². The maximum Gasteiger partial charge on any atom is 0.302 e. The van der Waals surface area contributed by atoms with Gasteiger partial charge in [0.15, 0.2) is 0 Å². The average Bonchev–Trinajstić information content (AvgIpc) is 3.18. The second-order valence-electron chi connectivity index (χ2n) is 6.85. The Morgan fingerprint density at radius 2 is 1.88 bits per heavy atom. The van der Waals surface area contributed by atoms with Crippen molar-refractivity contribution < 1.29 is 24.0 Å². The van der Waals surface area contributed by atoms with Gasteiger partial charge in [-0.1, -0.05) is 12.1 Å². The van der Waals surface area contributed by atoms with Crippen molar-refractivity contribution in [1.29, 1.82) is 0 Å². The molecule has 0 N–H and O–H groups in total. The molecule has 1 aromatic rings. The van der Waals surface area contributed by atoms with Gasteiger partial charge >= 0.3 is 5.97 Å². The van der Waals surface area contributed by atoms with E-state index in [1.165, 1.54) is 25.1 Å². The Balaban J connectivity index is 1.70. The van der Waals surface area contributed by atoms with E-state index >= 15 is 0 Å². The Morgan fingerprint density at radius 3 is 2.56 bits per heavy atom. The largest absolute Gasteiger partial charge is 0.462 e. The number of carbonyl (C=O) groups is 3. The predicted molar refractivity (Wildman–Crippen MR) is 84.3 cm³/mol. The Bertz CT molecular complexity index is 806. The van der Waals surface area contributed by atoms with Gasteiger partial charge in [-0.3, -0.25) is 24.5 Å². The van der Waals surface area contributed by atoms with E-state index in [1.807, 2.05) is 0 Å². The van der Waals surface area contributed by atoms with Gasteiger partial charge in [-0.15, -0.1) is 0 Å². The molecule has 2 amide bonds. The lowest BCUT2D eigenvalue weighted by Crippen LogP contribution is -2.36. The first-order valence-electron chi connectivity index (χ1n) is 8.18. The Labute approximate surface area is 142 Å². The number of imide groups is 1. The first-order chi connectivity index (χ1) is 11.9. The van der Waals surface area contributed by atoms with E-state index in [4.69, 9.17) is 4.74 Å². The summed E-state index contributed by atoms with van der Waals surface area (Å²) in [6, 6.07) is 5.75. The molecule has 5 atom stereocenters. The number of hydrogen-bond acceptors (Lipinski definition) is 6. The van der Waals surface area contributed by atoms with Crippen LogP contribution < -0.4 is 4.90 Å². The Hall–Kier alpha value is -2.77. The Morgan fingerprint density at radius 1 is 1.20 bits per heavy atom. The maximum atomic E-state index is 12.9. The monoisotopic (exact) mass is 344 g/mol. The van der Waals surface area contributed by atoms with E-state index in [0.29, 0.717) is 12.8 Å². The number of nitro groups is 1. The summed E-state index contributed by atoms with van der Waals surface area (Å²) in [5, 5.41) is 11.3. The molecule has 2 aliphatic carbocycles. The summed E-state index contributed by atoms with van der Waals surface area (Å²) in [7, 11) is 0. The van der Waals surface area contributed by atoms with Crippen molar-refractivity contribution in [2.75, 3.05) is 4.90 Å². The third-order valence-electron chi connectivity index (χ3n) is 5.59. The highest BCUT2D eigenvalue weighted by atomic mass is 16.6. The molecule has 0 aromatic heterocycles. The zero-order valence-electron chi connectivity index (χ0n) is 13.5. The molecule has 3 fully saturated rings. The fraction of sp³-hybridized carbons (Fsp3) is 0.471. The van der Waals surface area contributed by atoms with Crippen LogP contribution in [0.25, 0.3) is 0 Å². The van der Waals surface area contributed by atoms with Crippen LogP contribution in [0.15, 0.2) is 24.3 Å². The number of nitro benzene ring substituents is 1. The normalized spacial score (nSPS) is 32.8. The number of fused-ring (bicyclic) bond motifs is 5. The van der Waals surface area contributed by atoms with Gasteiger partial charge < -0.3 is 4.74 Å². The molecule has 8 nitrogen and oxygen atoms in total. The number of rotatable bonds is 3. The molecule has 5 unspecified atom stereocenters. The number of amides is 2. The van der Waals surface area contributed by atoms with Crippen LogP contribution in [0.3, 0.4) is 0 Å². The number of para-hydroxylation sites is 2. The molecule has 8 heteroatoms. The van der Waals surface area contributed by atoms with Crippen molar-refractivity contribution in [3.05, 3.63) is 34.4 Å². The highest BCUT2D eigenvalue weighted by molar-refractivity contribution is 6.23. The fourth-order valence-electron chi connectivity index (χ4n) is 4.79. The van der Waals surface area contributed by atoms with Crippen LogP contribution >= 0.6 is 0 Å². The van der Waals surface area contributed by atoms with Crippen molar-refractivity contribution in [2.24, 2.45) is 23.7 Å². The second-order valence-corrected chi connectivity index (χ2v) is 6.85. The van der Waals surface area contributed by atoms with Crippen LogP contribution in [0.1, 0.15) is 19.8 Å². The minimum atomic E-state index is -0.597. The lowest BCUT2D eigenvalue weighted by atomic mass is 9.79. The molecule has 0 radical (unpaired) electrons. The number of ether oxygens (including phenoxy) is 1. The summed E-state index contributed by atoms with van der Waals surface area (Å²) < 4.78 is 5.31. The Kier molecular flexibility index (Phi) is 3.38. The highest BCUT2D eigenvalue weighted by Crippen LogP contribution is 2.57. The summed E-state index contributed by atoms with van der Waals surface area (Å²) >= 11 is 0. The van der Waals surface area contributed by atoms with Crippen LogP contribution in [-0.2, 0) is 19.1 Å². The summed E-state index contributed by atoms with van der Waals surface area (Å²) in [6.07, 6.45) is 0.885. The maximum absolute atomic E-state index is 12.9. The van der Waals surface area contributed by atoms with Gasteiger partial charge in [-0.05, 0) is 24.8 Å².